The molecule has 2 aliphatic heterocycles. The number of aromatic nitrogens is 1. The van der Waals surface area contributed by atoms with Gasteiger partial charge in [0.25, 0.3) is 0 Å². The molecule has 1 aromatic heterocycles. The van der Waals surface area contributed by atoms with Crippen LogP contribution in [0.4, 0.5) is 5.82 Å². The van der Waals surface area contributed by atoms with Crippen molar-refractivity contribution >= 4 is 5.82 Å². The highest BCUT2D eigenvalue weighted by atomic mass is 16.5. The van der Waals surface area contributed by atoms with Gasteiger partial charge >= 0.3 is 0 Å². The van der Waals surface area contributed by atoms with Gasteiger partial charge in [-0.15, -0.1) is 0 Å². The highest BCUT2D eigenvalue weighted by Crippen LogP contribution is 2.26. The first kappa shape index (κ1) is 11.0. The van der Waals surface area contributed by atoms with Gasteiger partial charge in [0.15, 0.2) is 0 Å². The Bertz CT molecular complexity index is 355. The number of ether oxygens (including phenoxy) is 1. The van der Waals surface area contributed by atoms with Gasteiger partial charge in [-0.05, 0) is 30.9 Å². The maximum absolute atomic E-state index is 5.94. The van der Waals surface area contributed by atoms with E-state index < -0.39 is 0 Å². The normalized spacial score (nSPS) is 32.8. The van der Waals surface area contributed by atoms with E-state index in [4.69, 9.17) is 4.74 Å². The van der Waals surface area contributed by atoms with Crippen LogP contribution in [0.1, 0.15) is 12.8 Å². The first-order valence-corrected chi connectivity index (χ1v) is 6.43. The van der Waals surface area contributed by atoms with Gasteiger partial charge in [0, 0.05) is 25.9 Å². The molecule has 3 heterocycles. The van der Waals surface area contributed by atoms with Crippen LogP contribution in [-0.4, -0.2) is 36.8 Å². The molecule has 4 nitrogen and oxygen atoms in total. The first-order valence-electron chi connectivity index (χ1n) is 6.43. The van der Waals surface area contributed by atoms with E-state index in [9.17, 15) is 0 Å². The molecule has 0 amide bonds. The predicted octanol–water partition coefficient (Wildman–Crippen LogP) is 1.26. The molecule has 2 saturated heterocycles. The van der Waals surface area contributed by atoms with E-state index in [0.29, 0.717) is 18.1 Å². The highest BCUT2D eigenvalue weighted by Gasteiger charge is 2.35. The number of anilines is 1. The minimum absolute atomic E-state index is 0.337. The standard InChI is InChI=1S/C13H19N3O/c1-2-6-15-12(5-1)16-11-9-14-8-10-4-3-7-17-13(10)11/h1-2,5-6,10-11,13-14H,3-4,7-9H2,(H,15,16)/t10-,11+,13-/m0/s1. The number of hydrogen-bond donors (Lipinski definition) is 2. The highest BCUT2D eigenvalue weighted by molar-refractivity contribution is 5.35. The van der Waals surface area contributed by atoms with Gasteiger partial charge in [-0.2, -0.15) is 0 Å². The summed E-state index contributed by atoms with van der Waals surface area (Å²) in [5, 5.41) is 6.97. The minimum Gasteiger partial charge on any atom is -0.376 e. The lowest BCUT2D eigenvalue weighted by Gasteiger charge is -2.41. The number of fused-ring (bicyclic) bond motifs is 1. The summed E-state index contributed by atoms with van der Waals surface area (Å²) in [4.78, 5) is 4.32. The first-order chi connectivity index (χ1) is 8.43. The van der Waals surface area contributed by atoms with E-state index in [1.807, 2.05) is 24.4 Å². The number of rotatable bonds is 2. The third-order valence-electron chi connectivity index (χ3n) is 3.66. The third-order valence-corrected chi connectivity index (χ3v) is 3.66. The Morgan fingerprint density at radius 3 is 3.24 bits per heavy atom. The zero-order chi connectivity index (χ0) is 11.5. The van der Waals surface area contributed by atoms with E-state index in [2.05, 4.69) is 15.6 Å². The van der Waals surface area contributed by atoms with Gasteiger partial charge in [0.05, 0.1) is 12.1 Å². The molecule has 3 rings (SSSR count). The van der Waals surface area contributed by atoms with E-state index in [0.717, 1.165) is 25.5 Å². The third kappa shape index (κ3) is 2.42. The van der Waals surface area contributed by atoms with E-state index in [1.54, 1.807) is 0 Å². The Morgan fingerprint density at radius 1 is 1.35 bits per heavy atom. The van der Waals surface area contributed by atoms with E-state index >= 15 is 0 Å². The van der Waals surface area contributed by atoms with Crippen LogP contribution in [0, 0.1) is 5.92 Å². The molecular formula is C13H19N3O. The van der Waals surface area contributed by atoms with E-state index in [-0.39, 0.29) is 0 Å². The molecule has 4 heteroatoms. The van der Waals surface area contributed by atoms with Gasteiger partial charge < -0.3 is 15.4 Å². The quantitative estimate of drug-likeness (QED) is 0.807. The Balaban J connectivity index is 1.69. The van der Waals surface area contributed by atoms with Crippen LogP contribution in [0.15, 0.2) is 24.4 Å². The summed E-state index contributed by atoms with van der Waals surface area (Å²) >= 11 is 0. The van der Waals surface area contributed by atoms with Crippen LogP contribution in [0.3, 0.4) is 0 Å². The average Bonchev–Trinajstić information content (AvgIpc) is 2.40. The molecule has 17 heavy (non-hydrogen) atoms. The average molecular weight is 233 g/mol. The molecule has 0 bridgehead atoms. The molecule has 0 radical (unpaired) electrons. The molecule has 0 aliphatic carbocycles. The smallest absolute Gasteiger partial charge is 0.126 e. The van der Waals surface area contributed by atoms with Crippen molar-refractivity contribution in [1.82, 2.24) is 10.3 Å². The molecule has 3 atom stereocenters. The van der Waals surface area contributed by atoms with Crippen molar-refractivity contribution in [2.75, 3.05) is 25.0 Å². The second kappa shape index (κ2) is 5.02. The molecule has 0 aromatic carbocycles. The zero-order valence-electron chi connectivity index (χ0n) is 9.93. The van der Waals surface area contributed by atoms with Gasteiger partial charge in [-0.3, -0.25) is 0 Å². The second-order valence-corrected chi connectivity index (χ2v) is 4.86. The van der Waals surface area contributed by atoms with Crippen LogP contribution in [0.2, 0.25) is 0 Å². The molecule has 2 N–H and O–H groups in total. The molecule has 92 valence electrons. The lowest BCUT2D eigenvalue weighted by molar-refractivity contribution is -0.0474. The zero-order valence-corrected chi connectivity index (χ0v) is 9.93. The summed E-state index contributed by atoms with van der Waals surface area (Å²) in [6.45, 7) is 2.95. The van der Waals surface area contributed by atoms with Crippen LogP contribution in [-0.2, 0) is 4.74 Å². The summed E-state index contributed by atoms with van der Waals surface area (Å²) in [7, 11) is 0. The van der Waals surface area contributed by atoms with Crippen molar-refractivity contribution < 1.29 is 4.74 Å². The monoisotopic (exact) mass is 233 g/mol. The van der Waals surface area contributed by atoms with Crippen molar-refractivity contribution in [3.05, 3.63) is 24.4 Å². The molecule has 0 unspecified atom stereocenters. The van der Waals surface area contributed by atoms with Crippen molar-refractivity contribution in [3.8, 4) is 0 Å². The number of pyridine rings is 1. The molecule has 2 fully saturated rings. The van der Waals surface area contributed by atoms with E-state index in [1.165, 1.54) is 12.8 Å². The van der Waals surface area contributed by atoms with Crippen molar-refractivity contribution in [2.45, 2.75) is 25.0 Å². The lowest BCUT2D eigenvalue weighted by Crippen LogP contribution is -2.56. The summed E-state index contributed by atoms with van der Waals surface area (Å²) in [6.07, 6.45) is 4.63. The number of nitrogens with zero attached hydrogens (tertiary/aromatic N) is 1. The van der Waals surface area contributed by atoms with Crippen LogP contribution in [0.25, 0.3) is 0 Å². The summed E-state index contributed by atoms with van der Waals surface area (Å²) in [5.41, 5.74) is 0. The summed E-state index contributed by atoms with van der Waals surface area (Å²) in [5.74, 6) is 1.59. The van der Waals surface area contributed by atoms with Crippen molar-refractivity contribution in [2.24, 2.45) is 5.92 Å². The molecule has 2 aliphatic rings. The van der Waals surface area contributed by atoms with Gasteiger partial charge in [-0.25, -0.2) is 4.98 Å². The number of hydrogen-bond acceptors (Lipinski definition) is 4. The summed E-state index contributed by atoms with van der Waals surface area (Å²) < 4.78 is 5.94. The lowest BCUT2D eigenvalue weighted by atomic mass is 9.86. The fourth-order valence-electron chi connectivity index (χ4n) is 2.84. The summed E-state index contributed by atoms with van der Waals surface area (Å²) in [6, 6.07) is 6.28. The van der Waals surface area contributed by atoms with Crippen LogP contribution < -0.4 is 10.6 Å². The van der Waals surface area contributed by atoms with Gasteiger partial charge in [0.1, 0.15) is 5.82 Å². The molecule has 1 aromatic rings. The maximum Gasteiger partial charge on any atom is 0.126 e. The number of nitrogens with one attached hydrogen (secondary N) is 2. The predicted molar refractivity (Wildman–Crippen MR) is 67.0 cm³/mol. The Labute approximate surface area is 102 Å². The Morgan fingerprint density at radius 2 is 2.35 bits per heavy atom. The van der Waals surface area contributed by atoms with Gasteiger partial charge in [0.2, 0.25) is 0 Å². The minimum atomic E-state index is 0.337. The SMILES string of the molecule is c1ccc(N[C@@H]2CNC[C@@H]3CCCO[C@@H]32)nc1. The fourth-order valence-corrected chi connectivity index (χ4v) is 2.84. The number of piperidine rings is 1. The second-order valence-electron chi connectivity index (χ2n) is 4.86. The molecular weight excluding hydrogens is 214 g/mol. The van der Waals surface area contributed by atoms with Crippen molar-refractivity contribution in [3.63, 3.8) is 0 Å². The Kier molecular flexibility index (Phi) is 3.25. The van der Waals surface area contributed by atoms with Crippen molar-refractivity contribution in [1.29, 1.82) is 0 Å². The molecule has 0 saturated carbocycles. The Hall–Kier alpha value is -1.13. The molecule has 0 spiro atoms. The topological polar surface area (TPSA) is 46.2 Å². The fraction of sp³-hybridized carbons (Fsp3) is 0.615. The largest absolute Gasteiger partial charge is 0.376 e. The van der Waals surface area contributed by atoms with Gasteiger partial charge in [-0.1, -0.05) is 6.07 Å². The maximum atomic E-state index is 5.94. The van der Waals surface area contributed by atoms with Crippen LogP contribution >= 0.6 is 0 Å². The van der Waals surface area contributed by atoms with Crippen LogP contribution in [0.5, 0.6) is 0 Å².